The van der Waals surface area contributed by atoms with Gasteiger partial charge in [-0.2, -0.15) is 0 Å². The first kappa shape index (κ1) is 16.8. The van der Waals surface area contributed by atoms with Crippen molar-refractivity contribution in [2.45, 2.75) is 64.8 Å². The SMILES string of the molecule is CC(C)[C@H]1[C@@H](O)C[C@@H](c2ccccc2)N1C(=O)OC(C)(C)C. The number of hydrogen-bond donors (Lipinski definition) is 1. The molecule has 0 unspecified atom stereocenters. The third-order valence-corrected chi connectivity index (χ3v) is 3.99. The first-order valence-corrected chi connectivity index (χ1v) is 7.95. The van der Waals surface area contributed by atoms with Crippen molar-refractivity contribution in [1.29, 1.82) is 0 Å². The molecule has 1 saturated heterocycles. The second kappa shape index (κ2) is 6.29. The van der Waals surface area contributed by atoms with Crippen LogP contribution >= 0.6 is 0 Å². The minimum absolute atomic E-state index is 0.140. The molecule has 0 radical (unpaired) electrons. The molecule has 3 atom stereocenters. The third-order valence-electron chi connectivity index (χ3n) is 3.99. The molecule has 1 aliphatic rings. The summed E-state index contributed by atoms with van der Waals surface area (Å²) in [6.45, 7) is 9.63. The minimum Gasteiger partial charge on any atom is -0.444 e. The van der Waals surface area contributed by atoms with Gasteiger partial charge in [0.25, 0.3) is 0 Å². The van der Waals surface area contributed by atoms with Crippen LogP contribution in [0.3, 0.4) is 0 Å². The van der Waals surface area contributed by atoms with E-state index in [-0.39, 0.29) is 24.1 Å². The third kappa shape index (κ3) is 3.61. The van der Waals surface area contributed by atoms with Crippen molar-refractivity contribution in [2.75, 3.05) is 0 Å². The van der Waals surface area contributed by atoms with Gasteiger partial charge in [-0.05, 0) is 32.3 Å². The monoisotopic (exact) mass is 305 g/mol. The molecular formula is C18H27NO3. The van der Waals surface area contributed by atoms with Gasteiger partial charge in [0.15, 0.2) is 0 Å². The number of rotatable bonds is 2. The van der Waals surface area contributed by atoms with Crippen LogP contribution in [0.25, 0.3) is 0 Å². The van der Waals surface area contributed by atoms with Gasteiger partial charge in [-0.25, -0.2) is 4.79 Å². The number of amides is 1. The number of aliphatic hydroxyl groups is 1. The Morgan fingerprint density at radius 3 is 2.36 bits per heavy atom. The Labute approximate surface area is 133 Å². The average Bonchev–Trinajstić information content (AvgIpc) is 2.75. The number of nitrogens with zero attached hydrogens (tertiary/aromatic N) is 1. The number of carbonyl (C=O) groups is 1. The van der Waals surface area contributed by atoms with Gasteiger partial charge in [-0.3, -0.25) is 4.90 Å². The Bertz CT molecular complexity index is 507. The number of carbonyl (C=O) groups excluding carboxylic acids is 1. The molecule has 1 fully saturated rings. The molecule has 1 aromatic rings. The zero-order valence-corrected chi connectivity index (χ0v) is 14.1. The second-order valence-electron chi connectivity index (χ2n) is 7.35. The molecule has 22 heavy (non-hydrogen) atoms. The summed E-state index contributed by atoms with van der Waals surface area (Å²) in [5, 5.41) is 10.5. The van der Waals surface area contributed by atoms with Crippen LogP contribution in [0.4, 0.5) is 4.79 Å². The van der Waals surface area contributed by atoms with E-state index in [1.165, 1.54) is 0 Å². The van der Waals surface area contributed by atoms with Crippen molar-refractivity contribution >= 4 is 6.09 Å². The van der Waals surface area contributed by atoms with Gasteiger partial charge < -0.3 is 9.84 Å². The minimum atomic E-state index is -0.548. The fourth-order valence-electron chi connectivity index (χ4n) is 3.18. The highest BCUT2D eigenvalue weighted by atomic mass is 16.6. The van der Waals surface area contributed by atoms with E-state index >= 15 is 0 Å². The molecule has 0 spiro atoms. The van der Waals surface area contributed by atoms with Crippen LogP contribution in [-0.2, 0) is 4.74 Å². The molecule has 1 heterocycles. The van der Waals surface area contributed by atoms with Gasteiger partial charge in [0.1, 0.15) is 5.60 Å². The molecule has 4 heteroatoms. The lowest BCUT2D eigenvalue weighted by Gasteiger charge is -2.34. The zero-order valence-electron chi connectivity index (χ0n) is 14.1. The Hall–Kier alpha value is -1.55. The molecule has 0 aromatic heterocycles. The van der Waals surface area contributed by atoms with Crippen molar-refractivity contribution in [3.05, 3.63) is 35.9 Å². The lowest BCUT2D eigenvalue weighted by Crippen LogP contribution is -2.46. The maximum Gasteiger partial charge on any atom is 0.411 e. The molecule has 1 N–H and O–H groups in total. The van der Waals surface area contributed by atoms with E-state index in [2.05, 4.69) is 0 Å². The predicted molar refractivity (Wildman–Crippen MR) is 86.5 cm³/mol. The summed E-state index contributed by atoms with van der Waals surface area (Å²) in [5.41, 5.74) is 0.489. The second-order valence-corrected chi connectivity index (χ2v) is 7.35. The molecular weight excluding hydrogens is 278 g/mol. The number of aliphatic hydroxyl groups excluding tert-OH is 1. The van der Waals surface area contributed by atoms with Gasteiger partial charge in [0.05, 0.1) is 18.2 Å². The smallest absolute Gasteiger partial charge is 0.411 e. The highest BCUT2D eigenvalue weighted by molar-refractivity contribution is 5.70. The fourth-order valence-corrected chi connectivity index (χ4v) is 3.18. The van der Waals surface area contributed by atoms with Gasteiger partial charge in [-0.1, -0.05) is 44.2 Å². The topological polar surface area (TPSA) is 49.8 Å². The Balaban J connectivity index is 2.34. The Morgan fingerprint density at radius 2 is 1.86 bits per heavy atom. The van der Waals surface area contributed by atoms with Crippen molar-refractivity contribution in [1.82, 2.24) is 4.90 Å². The Kier molecular flexibility index (Phi) is 4.81. The summed E-state index contributed by atoms with van der Waals surface area (Å²) in [6.07, 6.45) is -0.333. The van der Waals surface area contributed by atoms with E-state index in [0.29, 0.717) is 6.42 Å². The van der Waals surface area contributed by atoms with Crippen LogP contribution in [-0.4, -0.2) is 33.8 Å². The molecule has 1 aromatic carbocycles. The van der Waals surface area contributed by atoms with Crippen LogP contribution in [0.2, 0.25) is 0 Å². The number of ether oxygens (including phenoxy) is 1. The van der Waals surface area contributed by atoms with Crippen LogP contribution in [0.1, 0.15) is 52.6 Å². The molecule has 122 valence electrons. The standard InChI is InChI=1S/C18H27NO3/c1-12(2)16-15(20)11-14(13-9-7-6-8-10-13)19(16)17(21)22-18(3,4)5/h6-10,12,14-16,20H,11H2,1-5H3/t14-,15-,16-/m0/s1. The first-order valence-electron chi connectivity index (χ1n) is 7.95. The van der Waals surface area contributed by atoms with Gasteiger partial charge in [-0.15, -0.1) is 0 Å². The normalized spacial score (nSPS) is 25.6. The maximum absolute atomic E-state index is 12.7. The van der Waals surface area contributed by atoms with E-state index in [1.807, 2.05) is 65.0 Å². The average molecular weight is 305 g/mol. The van der Waals surface area contributed by atoms with Gasteiger partial charge >= 0.3 is 6.09 Å². The van der Waals surface area contributed by atoms with E-state index in [0.717, 1.165) is 5.56 Å². The van der Waals surface area contributed by atoms with Crippen LogP contribution < -0.4 is 0 Å². The van der Waals surface area contributed by atoms with E-state index in [1.54, 1.807) is 4.90 Å². The van der Waals surface area contributed by atoms with E-state index < -0.39 is 11.7 Å². The molecule has 4 nitrogen and oxygen atoms in total. The van der Waals surface area contributed by atoms with Gasteiger partial charge in [0.2, 0.25) is 0 Å². The number of likely N-dealkylation sites (tertiary alicyclic amines) is 1. The molecule has 0 aliphatic carbocycles. The maximum atomic E-state index is 12.7. The van der Waals surface area contributed by atoms with E-state index in [4.69, 9.17) is 4.74 Å². The molecule has 1 amide bonds. The van der Waals surface area contributed by atoms with Crippen LogP contribution in [0.5, 0.6) is 0 Å². The number of hydrogen-bond acceptors (Lipinski definition) is 3. The summed E-state index contributed by atoms with van der Waals surface area (Å²) in [4.78, 5) is 14.4. The largest absolute Gasteiger partial charge is 0.444 e. The van der Waals surface area contributed by atoms with Crippen molar-refractivity contribution in [2.24, 2.45) is 5.92 Å². The first-order chi connectivity index (χ1) is 10.2. The zero-order chi connectivity index (χ0) is 16.5. The summed E-state index contributed by atoms with van der Waals surface area (Å²) >= 11 is 0. The van der Waals surface area contributed by atoms with Crippen LogP contribution in [0.15, 0.2) is 30.3 Å². The molecule has 0 saturated carbocycles. The molecule has 2 rings (SSSR count). The molecule has 1 aliphatic heterocycles. The lowest BCUT2D eigenvalue weighted by atomic mass is 9.99. The Morgan fingerprint density at radius 1 is 1.27 bits per heavy atom. The van der Waals surface area contributed by atoms with E-state index in [9.17, 15) is 9.90 Å². The predicted octanol–water partition coefficient (Wildman–Crippen LogP) is 3.75. The summed E-state index contributed by atoms with van der Waals surface area (Å²) in [6, 6.07) is 9.50. The van der Waals surface area contributed by atoms with Crippen molar-refractivity contribution < 1.29 is 14.6 Å². The quantitative estimate of drug-likeness (QED) is 0.905. The summed E-state index contributed by atoms with van der Waals surface area (Å²) in [7, 11) is 0. The number of benzene rings is 1. The van der Waals surface area contributed by atoms with Crippen LogP contribution in [0, 0.1) is 5.92 Å². The molecule has 0 bridgehead atoms. The van der Waals surface area contributed by atoms with Crippen molar-refractivity contribution in [3.8, 4) is 0 Å². The summed E-state index contributed by atoms with van der Waals surface area (Å²) in [5.74, 6) is 0.163. The lowest BCUT2D eigenvalue weighted by molar-refractivity contribution is 0.00157. The fraction of sp³-hybridized carbons (Fsp3) is 0.611. The summed E-state index contributed by atoms with van der Waals surface area (Å²) < 4.78 is 5.58. The van der Waals surface area contributed by atoms with Crippen molar-refractivity contribution in [3.63, 3.8) is 0 Å². The highest BCUT2D eigenvalue weighted by Crippen LogP contribution is 2.40. The van der Waals surface area contributed by atoms with Gasteiger partial charge in [0, 0.05) is 6.42 Å². The highest BCUT2D eigenvalue weighted by Gasteiger charge is 2.46.